The smallest absolute Gasteiger partial charge is 0.242 e. The van der Waals surface area contributed by atoms with Gasteiger partial charge in [0.2, 0.25) is 5.88 Å². The standard InChI is InChI=1S/C12H20N4O2/c1-3-6-18-12-10(13)11(14-8-4-5-8)15-9(16-12)7-17-2/h8H,3-7,13H2,1-2H3,(H,14,15,16). The van der Waals surface area contributed by atoms with Crippen molar-refractivity contribution in [3.63, 3.8) is 0 Å². The lowest BCUT2D eigenvalue weighted by atomic mass is 10.4. The van der Waals surface area contributed by atoms with Crippen LogP contribution in [0, 0.1) is 0 Å². The number of rotatable bonds is 7. The van der Waals surface area contributed by atoms with Crippen LogP contribution in [0.25, 0.3) is 0 Å². The summed E-state index contributed by atoms with van der Waals surface area (Å²) in [6.45, 7) is 2.98. The fourth-order valence-electron chi connectivity index (χ4n) is 1.53. The van der Waals surface area contributed by atoms with Crippen LogP contribution in [0.1, 0.15) is 32.0 Å². The molecule has 1 aromatic heterocycles. The molecule has 1 aliphatic carbocycles. The molecule has 0 aromatic carbocycles. The molecule has 0 spiro atoms. The minimum Gasteiger partial charge on any atom is -0.476 e. The summed E-state index contributed by atoms with van der Waals surface area (Å²) < 4.78 is 10.6. The van der Waals surface area contributed by atoms with Crippen molar-refractivity contribution < 1.29 is 9.47 Å². The average Bonchev–Trinajstić information content (AvgIpc) is 3.15. The number of anilines is 2. The first-order valence-electron chi connectivity index (χ1n) is 6.29. The number of nitrogens with two attached hydrogens (primary N) is 1. The number of nitrogen functional groups attached to an aromatic ring is 1. The first kappa shape index (κ1) is 12.9. The van der Waals surface area contributed by atoms with Gasteiger partial charge < -0.3 is 20.5 Å². The van der Waals surface area contributed by atoms with Crippen molar-refractivity contribution in [3.05, 3.63) is 5.82 Å². The average molecular weight is 252 g/mol. The van der Waals surface area contributed by atoms with Gasteiger partial charge in [0.25, 0.3) is 0 Å². The molecule has 2 rings (SSSR count). The number of methoxy groups -OCH3 is 1. The number of hydrogen-bond acceptors (Lipinski definition) is 6. The van der Waals surface area contributed by atoms with Crippen molar-refractivity contribution >= 4 is 11.5 Å². The molecule has 0 unspecified atom stereocenters. The third-order valence-electron chi connectivity index (χ3n) is 2.59. The Kier molecular flexibility index (Phi) is 4.19. The summed E-state index contributed by atoms with van der Waals surface area (Å²) in [6.07, 6.45) is 3.23. The minimum atomic E-state index is 0.349. The van der Waals surface area contributed by atoms with Crippen molar-refractivity contribution in [3.8, 4) is 5.88 Å². The second-order valence-electron chi connectivity index (χ2n) is 4.41. The van der Waals surface area contributed by atoms with Crippen LogP contribution in [0.4, 0.5) is 11.5 Å². The third kappa shape index (κ3) is 3.22. The van der Waals surface area contributed by atoms with Gasteiger partial charge in [0.1, 0.15) is 12.3 Å². The van der Waals surface area contributed by atoms with Gasteiger partial charge in [-0.1, -0.05) is 6.92 Å². The maximum atomic E-state index is 6.01. The molecule has 0 atom stereocenters. The topological polar surface area (TPSA) is 82.3 Å². The lowest BCUT2D eigenvalue weighted by Crippen LogP contribution is -2.12. The number of nitrogens with zero attached hydrogens (tertiary/aromatic N) is 2. The van der Waals surface area contributed by atoms with Crippen LogP contribution < -0.4 is 15.8 Å². The van der Waals surface area contributed by atoms with Crippen molar-refractivity contribution in [2.24, 2.45) is 0 Å². The quantitative estimate of drug-likeness (QED) is 0.766. The molecule has 1 saturated carbocycles. The molecule has 3 N–H and O–H groups in total. The summed E-state index contributed by atoms with van der Waals surface area (Å²) in [6, 6.07) is 0.483. The molecule has 0 radical (unpaired) electrons. The Labute approximate surface area is 107 Å². The third-order valence-corrected chi connectivity index (χ3v) is 2.59. The van der Waals surface area contributed by atoms with Crippen LogP contribution in [0.15, 0.2) is 0 Å². The van der Waals surface area contributed by atoms with Gasteiger partial charge >= 0.3 is 0 Å². The lowest BCUT2D eigenvalue weighted by molar-refractivity contribution is 0.176. The van der Waals surface area contributed by atoms with Crippen molar-refractivity contribution in [1.29, 1.82) is 0 Å². The SMILES string of the molecule is CCCOc1nc(COC)nc(NC2CC2)c1N. The number of ether oxygens (including phenoxy) is 2. The zero-order chi connectivity index (χ0) is 13.0. The van der Waals surface area contributed by atoms with E-state index < -0.39 is 0 Å². The highest BCUT2D eigenvalue weighted by molar-refractivity contribution is 5.67. The van der Waals surface area contributed by atoms with E-state index in [1.807, 2.05) is 6.92 Å². The van der Waals surface area contributed by atoms with E-state index in [4.69, 9.17) is 15.2 Å². The Morgan fingerprint density at radius 3 is 2.78 bits per heavy atom. The Morgan fingerprint density at radius 2 is 2.17 bits per heavy atom. The van der Waals surface area contributed by atoms with Gasteiger partial charge in [0.05, 0.1) is 6.61 Å². The van der Waals surface area contributed by atoms with E-state index in [0.717, 1.165) is 19.3 Å². The molecule has 6 heteroatoms. The molecule has 0 amide bonds. The van der Waals surface area contributed by atoms with Crippen LogP contribution in [0.5, 0.6) is 5.88 Å². The summed E-state index contributed by atoms with van der Waals surface area (Å²) in [4.78, 5) is 8.62. The van der Waals surface area contributed by atoms with Gasteiger partial charge in [-0.05, 0) is 19.3 Å². The molecule has 100 valence electrons. The summed E-state index contributed by atoms with van der Waals surface area (Å²) in [5.41, 5.74) is 6.49. The minimum absolute atomic E-state index is 0.349. The van der Waals surface area contributed by atoms with E-state index in [1.54, 1.807) is 7.11 Å². The largest absolute Gasteiger partial charge is 0.476 e. The Balaban J connectivity index is 2.21. The molecule has 18 heavy (non-hydrogen) atoms. The maximum absolute atomic E-state index is 6.01. The van der Waals surface area contributed by atoms with Gasteiger partial charge in [0.15, 0.2) is 11.6 Å². The highest BCUT2D eigenvalue weighted by Crippen LogP contribution is 2.31. The molecule has 1 heterocycles. The second kappa shape index (κ2) is 5.86. The van der Waals surface area contributed by atoms with Crippen molar-refractivity contribution in [1.82, 2.24) is 9.97 Å². The summed E-state index contributed by atoms with van der Waals surface area (Å²) in [5.74, 6) is 1.69. The first-order chi connectivity index (χ1) is 8.74. The number of aromatic nitrogens is 2. The summed E-state index contributed by atoms with van der Waals surface area (Å²) >= 11 is 0. The van der Waals surface area contributed by atoms with E-state index in [1.165, 1.54) is 0 Å². The van der Waals surface area contributed by atoms with Crippen molar-refractivity contribution in [2.45, 2.75) is 38.8 Å². The summed E-state index contributed by atoms with van der Waals surface area (Å²) in [7, 11) is 1.61. The van der Waals surface area contributed by atoms with Gasteiger partial charge in [-0.2, -0.15) is 4.98 Å². The van der Waals surface area contributed by atoms with Gasteiger partial charge in [0, 0.05) is 13.2 Å². The highest BCUT2D eigenvalue weighted by Gasteiger charge is 2.24. The zero-order valence-electron chi connectivity index (χ0n) is 10.9. The van der Waals surface area contributed by atoms with Gasteiger partial charge in [-0.3, -0.25) is 0 Å². The number of nitrogens with one attached hydrogen (secondary N) is 1. The normalized spacial score (nSPS) is 14.6. The highest BCUT2D eigenvalue weighted by atomic mass is 16.5. The van der Waals surface area contributed by atoms with Gasteiger partial charge in [-0.25, -0.2) is 4.98 Å². The van der Waals surface area contributed by atoms with Gasteiger partial charge in [-0.15, -0.1) is 0 Å². The van der Waals surface area contributed by atoms with Crippen LogP contribution in [-0.4, -0.2) is 29.7 Å². The molecule has 0 bridgehead atoms. The van der Waals surface area contributed by atoms with E-state index in [0.29, 0.717) is 42.5 Å². The van der Waals surface area contributed by atoms with Crippen LogP contribution in [0.3, 0.4) is 0 Å². The molecule has 0 saturated heterocycles. The molecule has 6 nitrogen and oxygen atoms in total. The molecule has 0 aliphatic heterocycles. The van der Waals surface area contributed by atoms with Crippen LogP contribution >= 0.6 is 0 Å². The number of hydrogen-bond donors (Lipinski definition) is 2. The first-order valence-corrected chi connectivity index (χ1v) is 6.29. The fourth-order valence-corrected chi connectivity index (χ4v) is 1.53. The van der Waals surface area contributed by atoms with E-state index in [9.17, 15) is 0 Å². The lowest BCUT2D eigenvalue weighted by Gasteiger charge is -2.13. The summed E-state index contributed by atoms with van der Waals surface area (Å²) in [5, 5.41) is 3.29. The zero-order valence-corrected chi connectivity index (χ0v) is 10.9. The molecular weight excluding hydrogens is 232 g/mol. The van der Waals surface area contributed by atoms with E-state index in [2.05, 4.69) is 15.3 Å². The molecule has 1 fully saturated rings. The molecule has 1 aliphatic rings. The predicted molar refractivity (Wildman–Crippen MR) is 69.6 cm³/mol. The van der Waals surface area contributed by atoms with Crippen LogP contribution in [-0.2, 0) is 11.3 Å². The molecular formula is C12H20N4O2. The monoisotopic (exact) mass is 252 g/mol. The van der Waals surface area contributed by atoms with Crippen molar-refractivity contribution in [2.75, 3.05) is 24.8 Å². The molecule has 1 aromatic rings. The van der Waals surface area contributed by atoms with E-state index in [-0.39, 0.29) is 0 Å². The fraction of sp³-hybridized carbons (Fsp3) is 0.667. The maximum Gasteiger partial charge on any atom is 0.242 e. The Morgan fingerprint density at radius 1 is 1.39 bits per heavy atom. The Hall–Kier alpha value is -1.56. The van der Waals surface area contributed by atoms with Crippen LogP contribution in [0.2, 0.25) is 0 Å². The predicted octanol–water partition coefficient (Wildman–Crippen LogP) is 1.57. The second-order valence-corrected chi connectivity index (χ2v) is 4.41. The Bertz CT molecular complexity index is 407. The van der Waals surface area contributed by atoms with E-state index >= 15 is 0 Å².